The van der Waals surface area contributed by atoms with Crippen LogP contribution in [0.5, 0.6) is 0 Å². The molecule has 1 saturated heterocycles. The molecule has 0 bridgehead atoms. The van der Waals surface area contributed by atoms with Gasteiger partial charge in [0.05, 0.1) is 17.2 Å². The summed E-state index contributed by atoms with van der Waals surface area (Å²) in [6.45, 7) is 0. The first kappa shape index (κ1) is 10.0. The van der Waals surface area contributed by atoms with Crippen LogP contribution in [0.3, 0.4) is 0 Å². The first-order valence-electron chi connectivity index (χ1n) is 4.40. The van der Waals surface area contributed by atoms with Gasteiger partial charge in [0, 0.05) is 5.69 Å². The van der Waals surface area contributed by atoms with Crippen molar-refractivity contribution in [1.82, 2.24) is 0 Å². The monoisotopic (exact) mass is 223 g/mol. The predicted octanol–water partition coefficient (Wildman–Crippen LogP) is 1.42. The topological polar surface area (TPSA) is 57.6 Å². The average molecular weight is 223 g/mol. The molecule has 0 unspecified atom stereocenters. The zero-order valence-corrected chi connectivity index (χ0v) is 8.66. The van der Waals surface area contributed by atoms with Crippen molar-refractivity contribution in [2.75, 3.05) is 16.5 Å². The van der Waals surface area contributed by atoms with Gasteiger partial charge in [-0.2, -0.15) is 0 Å². The van der Waals surface area contributed by atoms with Crippen LogP contribution in [0.15, 0.2) is 24.3 Å². The summed E-state index contributed by atoms with van der Waals surface area (Å²) < 4.78 is 0. The molecule has 0 saturated carbocycles. The van der Waals surface area contributed by atoms with E-state index in [1.54, 1.807) is 17.0 Å². The number of rotatable bonds is 2. The Morgan fingerprint density at radius 3 is 2.87 bits per heavy atom. The lowest BCUT2D eigenvalue weighted by atomic mass is 10.2. The number of aromatic carboxylic acids is 1. The van der Waals surface area contributed by atoms with Gasteiger partial charge in [-0.15, -0.1) is 11.8 Å². The van der Waals surface area contributed by atoms with Gasteiger partial charge in [-0.05, 0) is 18.2 Å². The van der Waals surface area contributed by atoms with E-state index in [2.05, 4.69) is 0 Å². The summed E-state index contributed by atoms with van der Waals surface area (Å²) >= 11 is 1.53. The molecule has 1 aromatic rings. The molecule has 1 amide bonds. The van der Waals surface area contributed by atoms with E-state index in [1.165, 1.54) is 23.9 Å². The number of carbonyl (C=O) groups excluding carboxylic acids is 1. The minimum atomic E-state index is -0.976. The number of benzene rings is 1. The number of carboxylic acid groups (broad SMARTS) is 1. The van der Waals surface area contributed by atoms with E-state index < -0.39 is 5.97 Å². The Morgan fingerprint density at radius 2 is 2.27 bits per heavy atom. The van der Waals surface area contributed by atoms with Gasteiger partial charge < -0.3 is 10.0 Å². The van der Waals surface area contributed by atoms with E-state index in [0.717, 1.165) is 0 Å². The number of nitrogens with zero attached hydrogens (tertiary/aromatic N) is 1. The van der Waals surface area contributed by atoms with E-state index in [0.29, 0.717) is 17.3 Å². The highest BCUT2D eigenvalue weighted by Gasteiger charge is 2.22. The van der Waals surface area contributed by atoms with E-state index in [1.807, 2.05) is 0 Å². The second-order valence-electron chi connectivity index (χ2n) is 3.15. The zero-order valence-electron chi connectivity index (χ0n) is 7.84. The maximum absolute atomic E-state index is 11.4. The molecule has 0 spiro atoms. The van der Waals surface area contributed by atoms with Crippen molar-refractivity contribution in [1.29, 1.82) is 0 Å². The highest BCUT2D eigenvalue weighted by Crippen LogP contribution is 2.24. The lowest BCUT2D eigenvalue weighted by Crippen LogP contribution is -2.24. The minimum absolute atomic E-state index is 0.0301. The van der Waals surface area contributed by atoms with Crippen LogP contribution in [0.1, 0.15) is 10.4 Å². The number of carbonyl (C=O) groups is 2. The summed E-state index contributed by atoms with van der Waals surface area (Å²) in [4.78, 5) is 23.7. The van der Waals surface area contributed by atoms with Gasteiger partial charge in [-0.3, -0.25) is 4.79 Å². The van der Waals surface area contributed by atoms with Crippen molar-refractivity contribution >= 4 is 29.3 Å². The van der Waals surface area contributed by atoms with Gasteiger partial charge in [-0.25, -0.2) is 4.79 Å². The third-order valence-corrected chi connectivity index (χ3v) is 3.04. The Bertz CT molecular complexity index is 419. The molecule has 1 fully saturated rings. The van der Waals surface area contributed by atoms with Crippen LogP contribution in [-0.2, 0) is 4.79 Å². The standard InChI is InChI=1S/C10H9NO3S/c12-9-5-15-6-11(9)8-3-1-2-7(4-8)10(13)14/h1-4H,5-6H2,(H,13,14). The van der Waals surface area contributed by atoms with Crippen LogP contribution < -0.4 is 4.90 Å². The van der Waals surface area contributed by atoms with Gasteiger partial charge in [0.1, 0.15) is 0 Å². The van der Waals surface area contributed by atoms with Crippen LogP contribution in [0.2, 0.25) is 0 Å². The molecular formula is C10H9NO3S. The molecule has 0 aromatic heterocycles. The van der Waals surface area contributed by atoms with Crippen LogP contribution in [0, 0.1) is 0 Å². The van der Waals surface area contributed by atoms with Crippen molar-refractivity contribution in [3.63, 3.8) is 0 Å². The minimum Gasteiger partial charge on any atom is -0.478 e. The van der Waals surface area contributed by atoms with Crippen molar-refractivity contribution in [3.05, 3.63) is 29.8 Å². The summed E-state index contributed by atoms with van der Waals surface area (Å²) in [5.74, 6) is 0.123. The van der Waals surface area contributed by atoms with E-state index in [4.69, 9.17) is 5.11 Å². The largest absolute Gasteiger partial charge is 0.478 e. The van der Waals surface area contributed by atoms with Crippen molar-refractivity contribution < 1.29 is 14.7 Å². The van der Waals surface area contributed by atoms with Crippen LogP contribution in [-0.4, -0.2) is 28.6 Å². The first-order chi connectivity index (χ1) is 7.18. The number of thioether (sulfide) groups is 1. The fourth-order valence-electron chi connectivity index (χ4n) is 1.40. The maximum Gasteiger partial charge on any atom is 0.335 e. The Labute approximate surface area is 90.9 Å². The molecule has 1 heterocycles. The average Bonchev–Trinajstić information content (AvgIpc) is 2.64. The SMILES string of the molecule is O=C(O)c1cccc(N2CSCC2=O)c1. The van der Waals surface area contributed by atoms with Crippen LogP contribution in [0.25, 0.3) is 0 Å². The third kappa shape index (κ3) is 1.97. The molecule has 1 aliphatic heterocycles. The number of hydrogen-bond donors (Lipinski definition) is 1. The molecule has 4 nitrogen and oxygen atoms in total. The molecule has 1 aliphatic rings. The van der Waals surface area contributed by atoms with Gasteiger partial charge in [0.2, 0.25) is 5.91 Å². The molecule has 0 aliphatic carbocycles. The van der Waals surface area contributed by atoms with Crippen molar-refractivity contribution in [2.45, 2.75) is 0 Å². The second kappa shape index (κ2) is 3.94. The summed E-state index contributed by atoms with van der Waals surface area (Å²) in [7, 11) is 0. The fraction of sp³-hybridized carbons (Fsp3) is 0.200. The van der Waals surface area contributed by atoms with Crippen LogP contribution in [0.4, 0.5) is 5.69 Å². The smallest absolute Gasteiger partial charge is 0.335 e. The Kier molecular flexibility index (Phi) is 2.64. The van der Waals surface area contributed by atoms with Crippen molar-refractivity contribution in [3.8, 4) is 0 Å². The second-order valence-corrected chi connectivity index (χ2v) is 4.11. The van der Waals surface area contributed by atoms with Gasteiger partial charge >= 0.3 is 5.97 Å². The number of hydrogen-bond acceptors (Lipinski definition) is 3. The third-order valence-electron chi connectivity index (χ3n) is 2.15. The summed E-state index contributed by atoms with van der Waals surface area (Å²) in [5.41, 5.74) is 0.863. The zero-order chi connectivity index (χ0) is 10.8. The summed E-state index contributed by atoms with van der Waals surface area (Å²) in [5, 5.41) is 8.81. The van der Waals surface area contributed by atoms with Crippen molar-refractivity contribution in [2.24, 2.45) is 0 Å². The molecule has 0 radical (unpaired) electrons. The predicted molar refractivity (Wildman–Crippen MR) is 58.2 cm³/mol. The quantitative estimate of drug-likeness (QED) is 0.823. The van der Waals surface area contributed by atoms with E-state index in [-0.39, 0.29) is 11.5 Å². The molecule has 2 rings (SSSR count). The maximum atomic E-state index is 11.4. The molecular weight excluding hydrogens is 214 g/mol. The molecule has 1 N–H and O–H groups in total. The molecule has 15 heavy (non-hydrogen) atoms. The molecule has 1 aromatic carbocycles. The molecule has 78 valence electrons. The van der Waals surface area contributed by atoms with E-state index in [9.17, 15) is 9.59 Å². The Hall–Kier alpha value is -1.49. The lowest BCUT2D eigenvalue weighted by Gasteiger charge is -2.14. The van der Waals surface area contributed by atoms with E-state index >= 15 is 0 Å². The number of amides is 1. The first-order valence-corrected chi connectivity index (χ1v) is 5.55. The summed E-state index contributed by atoms with van der Waals surface area (Å²) in [6.07, 6.45) is 0. The number of anilines is 1. The lowest BCUT2D eigenvalue weighted by molar-refractivity contribution is -0.115. The Morgan fingerprint density at radius 1 is 1.47 bits per heavy atom. The highest BCUT2D eigenvalue weighted by molar-refractivity contribution is 8.00. The van der Waals surface area contributed by atoms with Gasteiger partial charge in [0.15, 0.2) is 0 Å². The van der Waals surface area contributed by atoms with Crippen LogP contribution >= 0.6 is 11.8 Å². The van der Waals surface area contributed by atoms with Gasteiger partial charge in [-0.1, -0.05) is 6.07 Å². The van der Waals surface area contributed by atoms with Gasteiger partial charge in [0.25, 0.3) is 0 Å². The highest BCUT2D eigenvalue weighted by atomic mass is 32.2. The fourth-order valence-corrected chi connectivity index (χ4v) is 2.30. The normalized spacial score (nSPS) is 15.7. The molecule has 0 atom stereocenters. The summed E-state index contributed by atoms with van der Waals surface area (Å²) in [6, 6.07) is 6.43. The Balaban J connectivity index is 2.32. The number of carboxylic acids is 1. The molecule has 5 heteroatoms.